The number of nitrogens with zero attached hydrogens (tertiary/aromatic N) is 3. The van der Waals surface area contributed by atoms with Crippen LogP contribution in [0.25, 0.3) is 0 Å². The van der Waals surface area contributed by atoms with Crippen molar-refractivity contribution < 1.29 is 0 Å². The second kappa shape index (κ2) is 6.19. The van der Waals surface area contributed by atoms with E-state index in [4.69, 9.17) is 9.97 Å². The Morgan fingerprint density at radius 3 is 2.22 bits per heavy atom. The number of benzene rings is 1. The number of fused-ring (bicyclic) bond motifs is 2. The van der Waals surface area contributed by atoms with Gasteiger partial charge >= 0.3 is 0 Å². The van der Waals surface area contributed by atoms with Crippen molar-refractivity contribution in [3.8, 4) is 0 Å². The van der Waals surface area contributed by atoms with E-state index in [2.05, 4.69) is 70.7 Å². The number of anilines is 3. The van der Waals surface area contributed by atoms with Gasteiger partial charge in [0.25, 0.3) is 0 Å². The zero-order valence-electron chi connectivity index (χ0n) is 17.1. The van der Waals surface area contributed by atoms with Crippen molar-refractivity contribution >= 4 is 17.3 Å². The molecular weight excluding hydrogens is 330 g/mol. The van der Waals surface area contributed by atoms with Crippen LogP contribution in [-0.4, -0.2) is 9.97 Å². The van der Waals surface area contributed by atoms with Gasteiger partial charge in [-0.1, -0.05) is 45.0 Å². The Bertz CT molecular complexity index is 1010. The number of aryl methyl sites for hydroxylation is 3. The molecule has 4 rings (SSSR count). The second-order valence-corrected chi connectivity index (χ2v) is 8.70. The van der Waals surface area contributed by atoms with Crippen LogP contribution in [0.4, 0.5) is 17.3 Å². The summed E-state index contributed by atoms with van der Waals surface area (Å²) in [7, 11) is 0. The average Bonchev–Trinajstić information content (AvgIpc) is 2.59. The lowest BCUT2D eigenvalue weighted by atomic mass is 9.84. The third kappa shape index (κ3) is 3.01. The maximum Gasteiger partial charge on any atom is 0.142 e. The summed E-state index contributed by atoms with van der Waals surface area (Å²) < 4.78 is 0. The highest BCUT2D eigenvalue weighted by atomic mass is 15.3. The van der Waals surface area contributed by atoms with Gasteiger partial charge in [0.05, 0.1) is 5.69 Å². The van der Waals surface area contributed by atoms with Crippen molar-refractivity contribution in [1.82, 2.24) is 9.97 Å². The van der Waals surface area contributed by atoms with Crippen LogP contribution in [0.1, 0.15) is 54.2 Å². The SMILES string of the molecule is Cc1cnc2c(c1)Cc1cccnc1N2c1c(C)cc(C(C)(C)C)cc1C. The Morgan fingerprint density at radius 1 is 0.889 bits per heavy atom. The van der Waals surface area contributed by atoms with E-state index in [1.807, 2.05) is 18.5 Å². The fraction of sp³-hybridized carbons (Fsp3) is 0.333. The van der Waals surface area contributed by atoms with Crippen molar-refractivity contribution in [2.24, 2.45) is 0 Å². The van der Waals surface area contributed by atoms with E-state index in [0.717, 1.165) is 18.1 Å². The first-order valence-electron chi connectivity index (χ1n) is 9.57. The van der Waals surface area contributed by atoms with Gasteiger partial charge in [-0.25, -0.2) is 9.97 Å². The molecule has 0 bridgehead atoms. The zero-order chi connectivity index (χ0) is 19.3. The van der Waals surface area contributed by atoms with Crippen molar-refractivity contribution in [1.29, 1.82) is 0 Å². The van der Waals surface area contributed by atoms with Gasteiger partial charge in [-0.15, -0.1) is 0 Å². The van der Waals surface area contributed by atoms with Crippen LogP contribution in [0.15, 0.2) is 42.7 Å². The highest BCUT2D eigenvalue weighted by molar-refractivity contribution is 5.82. The Labute approximate surface area is 162 Å². The van der Waals surface area contributed by atoms with Crippen LogP contribution in [0, 0.1) is 20.8 Å². The molecule has 0 amide bonds. The third-order valence-corrected chi connectivity index (χ3v) is 5.33. The highest BCUT2D eigenvalue weighted by Gasteiger charge is 2.29. The molecule has 27 heavy (non-hydrogen) atoms. The lowest BCUT2D eigenvalue weighted by Crippen LogP contribution is -2.23. The molecule has 0 radical (unpaired) electrons. The first-order chi connectivity index (χ1) is 12.8. The standard InChI is InChI=1S/C24H27N3/c1-15-10-19-13-18-8-7-9-25-22(18)27(23(19)26-14-15)21-16(2)11-20(12-17(21)3)24(4,5)6/h7-12,14H,13H2,1-6H3. The van der Waals surface area contributed by atoms with Crippen LogP contribution in [0.5, 0.6) is 0 Å². The average molecular weight is 358 g/mol. The summed E-state index contributed by atoms with van der Waals surface area (Å²) >= 11 is 0. The molecule has 0 fully saturated rings. The maximum absolute atomic E-state index is 4.81. The number of aromatic nitrogens is 2. The summed E-state index contributed by atoms with van der Waals surface area (Å²) in [5.41, 5.74) is 8.89. The quantitative estimate of drug-likeness (QED) is 0.414. The molecule has 0 spiro atoms. The van der Waals surface area contributed by atoms with Gasteiger partial charge in [0.15, 0.2) is 0 Å². The van der Waals surface area contributed by atoms with Gasteiger partial charge in [-0.3, -0.25) is 4.90 Å². The van der Waals surface area contributed by atoms with Gasteiger partial charge in [-0.05, 0) is 60.1 Å². The third-order valence-electron chi connectivity index (χ3n) is 5.33. The molecule has 3 aromatic rings. The highest BCUT2D eigenvalue weighted by Crippen LogP contribution is 2.44. The van der Waals surface area contributed by atoms with E-state index in [1.54, 1.807) is 0 Å². The number of rotatable bonds is 1. The molecule has 1 aliphatic rings. The van der Waals surface area contributed by atoms with Gasteiger partial charge in [-0.2, -0.15) is 0 Å². The molecule has 0 saturated carbocycles. The largest absolute Gasteiger partial charge is 0.278 e. The summed E-state index contributed by atoms with van der Waals surface area (Å²) in [6.45, 7) is 13.3. The number of hydrogen-bond donors (Lipinski definition) is 0. The summed E-state index contributed by atoms with van der Waals surface area (Å²) in [6.07, 6.45) is 4.70. The molecule has 138 valence electrons. The molecule has 0 atom stereocenters. The van der Waals surface area contributed by atoms with E-state index in [-0.39, 0.29) is 5.41 Å². The minimum Gasteiger partial charge on any atom is -0.278 e. The monoisotopic (exact) mass is 357 g/mol. The van der Waals surface area contributed by atoms with Crippen LogP contribution < -0.4 is 4.90 Å². The molecule has 0 unspecified atom stereocenters. The Morgan fingerprint density at radius 2 is 1.56 bits per heavy atom. The van der Waals surface area contributed by atoms with E-state index >= 15 is 0 Å². The fourth-order valence-electron chi connectivity index (χ4n) is 3.98. The van der Waals surface area contributed by atoms with Gasteiger partial charge in [0.2, 0.25) is 0 Å². The smallest absolute Gasteiger partial charge is 0.142 e. The minimum absolute atomic E-state index is 0.124. The minimum atomic E-state index is 0.124. The van der Waals surface area contributed by atoms with E-state index in [9.17, 15) is 0 Å². The first-order valence-corrected chi connectivity index (χ1v) is 9.57. The van der Waals surface area contributed by atoms with E-state index < -0.39 is 0 Å². The van der Waals surface area contributed by atoms with Gasteiger partial charge in [0.1, 0.15) is 11.6 Å². The van der Waals surface area contributed by atoms with Crippen LogP contribution in [-0.2, 0) is 11.8 Å². The molecule has 2 aromatic heterocycles. The Hall–Kier alpha value is -2.68. The van der Waals surface area contributed by atoms with Crippen LogP contribution in [0.3, 0.4) is 0 Å². The second-order valence-electron chi connectivity index (χ2n) is 8.70. The molecular formula is C24H27N3. The van der Waals surface area contributed by atoms with Crippen molar-refractivity contribution in [2.45, 2.75) is 53.4 Å². The molecule has 3 heterocycles. The molecule has 0 saturated heterocycles. The molecule has 0 aliphatic carbocycles. The summed E-state index contributed by atoms with van der Waals surface area (Å²) in [6, 6.07) is 11.1. The normalized spacial score (nSPS) is 13.3. The Kier molecular flexibility index (Phi) is 4.06. The van der Waals surface area contributed by atoms with Crippen molar-refractivity contribution in [3.05, 3.63) is 76.1 Å². The van der Waals surface area contributed by atoms with E-state index in [1.165, 1.54) is 39.1 Å². The molecule has 3 heteroatoms. The molecule has 3 nitrogen and oxygen atoms in total. The lowest BCUT2D eigenvalue weighted by Gasteiger charge is -2.34. The Balaban J connectivity index is 1.97. The maximum atomic E-state index is 4.81. The lowest BCUT2D eigenvalue weighted by molar-refractivity contribution is 0.589. The summed E-state index contributed by atoms with van der Waals surface area (Å²) in [5.74, 6) is 2.00. The van der Waals surface area contributed by atoms with Crippen LogP contribution >= 0.6 is 0 Å². The predicted octanol–water partition coefficient (Wildman–Crippen LogP) is 6.07. The van der Waals surface area contributed by atoms with Gasteiger partial charge < -0.3 is 0 Å². The van der Waals surface area contributed by atoms with Gasteiger partial charge in [0, 0.05) is 24.4 Å². The topological polar surface area (TPSA) is 29.0 Å². The molecule has 1 aromatic carbocycles. The molecule has 1 aliphatic heterocycles. The van der Waals surface area contributed by atoms with Crippen molar-refractivity contribution in [2.75, 3.05) is 4.90 Å². The number of pyridine rings is 2. The van der Waals surface area contributed by atoms with E-state index in [0.29, 0.717) is 0 Å². The zero-order valence-corrected chi connectivity index (χ0v) is 17.1. The van der Waals surface area contributed by atoms with Crippen LogP contribution in [0.2, 0.25) is 0 Å². The number of hydrogen-bond acceptors (Lipinski definition) is 3. The summed E-state index contributed by atoms with van der Waals surface area (Å²) in [5, 5.41) is 0. The first kappa shape index (κ1) is 17.7. The fourth-order valence-corrected chi connectivity index (χ4v) is 3.98. The predicted molar refractivity (Wildman–Crippen MR) is 112 cm³/mol. The van der Waals surface area contributed by atoms with Crippen molar-refractivity contribution in [3.63, 3.8) is 0 Å². The summed E-state index contributed by atoms with van der Waals surface area (Å²) in [4.78, 5) is 11.8. The molecule has 0 N–H and O–H groups in total.